The first kappa shape index (κ1) is 27.3. The number of carbonyl (C=O) groups excluding carboxylic acids is 2. The molecule has 0 radical (unpaired) electrons. The maximum Gasteiger partial charge on any atom is 0.335 e. The van der Waals surface area contributed by atoms with Gasteiger partial charge in [-0.1, -0.05) is 42.0 Å². The largest absolute Gasteiger partial charge is 0.493 e. The summed E-state index contributed by atoms with van der Waals surface area (Å²) in [7, 11) is 1.51. The summed E-state index contributed by atoms with van der Waals surface area (Å²) in [4.78, 5) is 38.8. The Morgan fingerprint density at radius 2 is 1.87 bits per heavy atom. The number of thiocarbonyl (C=S) groups is 1. The predicted octanol–water partition coefficient (Wildman–Crippen LogP) is 4.84. The van der Waals surface area contributed by atoms with E-state index in [0.717, 1.165) is 21.6 Å². The molecular formula is C30H26N2O6S. The molecule has 0 unspecified atom stereocenters. The van der Waals surface area contributed by atoms with Crippen LogP contribution in [0.15, 0.2) is 78.9 Å². The standard InChI is InChI=1S/C30H26N2O6S/c1-4-6-21-13-20(15-25(37-3)26(21)38-17-19-11-9-18(2)10-12-19)14-24-27(33)31-30(39)32(28(24)34)23-8-5-7-22(16-23)29(35)36/h4-5,7-16H,1,6,17H2,2-3H3,(H,35,36)(H,31,33,39). The SMILES string of the molecule is C=CCc1cc(C=C2C(=O)NC(=S)N(c3cccc(C(=O)O)c3)C2=O)cc(OC)c1OCc1ccc(C)cc1. The molecule has 9 heteroatoms. The average Bonchev–Trinajstić information content (AvgIpc) is 2.91. The van der Waals surface area contributed by atoms with Crippen LogP contribution in [0.25, 0.3) is 6.08 Å². The lowest BCUT2D eigenvalue weighted by Gasteiger charge is -2.29. The molecule has 1 saturated heterocycles. The topological polar surface area (TPSA) is 105 Å². The van der Waals surface area contributed by atoms with Crippen molar-refractivity contribution < 1.29 is 29.0 Å². The molecule has 0 bridgehead atoms. The molecule has 3 aromatic carbocycles. The third kappa shape index (κ3) is 6.05. The number of carbonyl (C=O) groups is 3. The predicted molar refractivity (Wildman–Crippen MR) is 152 cm³/mol. The van der Waals surface area contributed by atoms with Crippen LogP contribution in [-0.2, 0) is 22.6 Å². The highest BCUT2D eigenvalue weighted by Crippen LogP contribution is 2.35. The molecule has 1 aliphatic rings. The molecule has 0 aliphatic carbocycles. The highest BCUT2D eigenvalue weighted by Gasteiger charge is 2.35. The summed E-state index contributed by atoms with van der Waals surface area (Å²) in [5.41, 5.74) is 3.45. The van der Waals surface area contributed by atoms with Crippen LogP contribution in [0, 0.1) is 6.92 Å². The number of aryl methyl sites for hydroxylation is 1. The highest BCUT2D eigenvalue weighted by molar-refractivity contribution is 7.80. The third-order valence-electron chi connectivity index (χ3n) is 6.01. The summed E-state index contributed by atoms with van der Waals surface area (Å²) in [6.07, 6.45) is 3.61. The number of hydrogen-bond acceptors (Lipinski definition) is 6. The molecule has 0 atom stereocenters. The number of benzene rings is 3. The van der Waals surface area contributed by atoms with E-state index in [1.807, 2.05) is 31.2 Å². The molecule has 4 rings (SSSR count). The van der Waals surface area contributed by atoms with Crippen molar-refractivity contribution in [1.29, 1.82) is 0 Å². The van der Waals surface area contributed by atoms with Crippen LogP contribution in [-0.4, -0.2) is 35.1 Å². The van der Waals surface area contributed by atoms with Crippen molar-refractivity contribution in [2.45, 2.75) is 20.0 Å². The Hall–Kier alpha value is -4.76. The molecule has 2 N–H and O–H groups in total. The third-order valence-corrected chi connectivity index (χ3v) is 6.29. The van der Waals surface area contributed by atoms with Crippen molar-refractivity contribution >= 4 is 46.9 Å². The smallest absolute Gasteiger partial charge is 0.335 e. The van der Waals surface area contributed by atoms with E-state index in [1.54, 1.807) is 18.2 Å². The summed E-state index contributed by atoms with van der Waals surface area (Å²) in [5, 5.41) is 11.7. The van der Waals surface area contributed by atoms with E-state index in [2.05, 4.69) is 11.9 Å². The highest BCUT2D eigenvalue weighted by atomic mass is 32.1. The number of carboxylic acid groups (broad SMARTS) is 1. The number of rotatable bonds is 9. The molecule has 3 aromatic rings. The minimum Gasteiger partial charge on any atom is -0.493 e. The number of ether oxygens (including phenoxy) is 2. The van der Waals surface area contributed by atoms with E-state index in [1.165, 1.54) is 37.5 Å². The lowest BCUT2D eigenvalue weighted by molar-refractivity contribution is -0.122. The van der Waals surface area contributed by atoms with E-state index in [0.29, 0.717) is 30.1 Å². The van der Waals surface area contributed by atoms with Crippen molar-refractivity contribution in [3.8, 4) is 11.5 Å². The van der Waals surface area contributed by atoms with Crippen molar-refractivity contribution in [2.24, 2.45) is 0 Å². The summed E-state index contributed by atoms with van der Waals surface area (Å²) in [5.74, 6) is -1.54. The summed E-state index contributed by atoms with van der Waals surface area (Å²) >= 11 is 5.23. The number of anilines is 1. The first-order valence-corrected chi connectivity index (χ1v) is 12.4. The quantitative estimate of drug-likeness (QED) is 0.173. The van der Waals surface area contributed by atoms with Crippen molar-refractivity contribution in [3.05, 3.63) is 107 Å². The number of aromatic carboxylic acids is 1. The molecule has 0 spiro atoms. The zero-order valence-electron chi connectivity index (χ0n) is 21.4. The molecule has 2 amide bonds. The van der Waals surface area contributed by atoms with Gasteiger partial charge in [0.15, 0.2) is 16.6 Å². The Morgan fingerprint density at radius 1 is 1.13 bits per heavy atom. The van der Waals surface area contributed by atoms with Crippen LogP contribution in [0.2, 0.25) is 0 Å². The Morgan fingerprint density at radius 3 is 2.54 bits per heavy atom. The fourth-order valence-electron chi connectivity index (χ4n) is 4.07. The number of amides is 2. The lowest BCUT2D eigenvalue weighted by Crippen LogP contribution is -2.54. The second-order valence-electron chi connectivity index (χ2n) is 8.79. The van der Waals surface area contributed by atoms with Crippen LogP contribution >= 0.6 is 12.2 Å². The van der Waals surface area contributed by atoms with Gasteiger partial charge in [-0.2, -0.15) is 0 Å². The van der Waals surface area contributed by atoms with Crippen LogP contribution < -0.4 is 19.7 Å². The van der Waals surface area contributed by atoms with Crippen LogP contribution in [0.1, 0.15) is 32.6 Å². The molecule has 0 aromatic heterocycles. The van der Waals surface area contributed by atoms with E-state index in [9.17, 15) is 19.5 Å². The maximum atomic E-state index is 13.4. The molecule has 1 heterocycles. The van der Waals surface area contributed by atoms with Crippen molar-refractivity contribution in [2.75, 3.05) is 12.0 Å². The number of allylic oxidation sites excluding steroid dienone is 1. The van der Waals surface area contributed by atoms with Gasteiger partial charge in [-0.25, -0.2) is 4.79 Å². The van der Waals surface area contributed by atoms with Gasteiger partial charge in [-0.15, -0.1) is 6.58 Å². The first-order chi connectivity index (χ1) is 18.7. The van der Waals surface area contributed by atoms with Crippen LogP contribution in [0.5, 0.6) is 11.5 Å². The second kappa shape index (κ2) is 11.7. The monoisotopic (exact) mass is 542 g/mol. The Bertz CT molecular complexity index is 1510. The van der Waals surface area contributed by atoms with Gasteiger partial charge in [0.05, 0.1) is 18.4 Å². The van der Waals surface area contributed by atoms with Gasteiger partial charge < -0.3 is 14.6 Å². The molecule has 1 fully saturated rings. The minimum atomic E-state index is -1.15. The van der Waals surface area contributed by atoms with Crippen LogP contribution in [0.4, 0.5) is 5.69 Å². The van der Waals surface area contributed by atoms with Gasteiger partial charge in [0.1, 0.15) is 12.2 Å². The molecule has 198 valence electrons. The number of carboxylic acids is 1. The number of hydrogen-bond donors (Lipinski definition) is 2. The van der Waals surface area contributed by atoms with E-state index in [4.69, 9.17) is 21.7 Å². The van der Waals surface area contributed by atoms with Gasteiger partial charge in [0, 0.05) is 5.56 Å². The number of nitrogens with zero attached hydrogens (tertiary/aromatic N) is 1. The Labute approximate surface area is 231 Å². The number of methoxy groups -OCH3 is 1. The second-order valence-corrected chi connectivity index (χ2v) is 9.18. The zero-order valence-corrected chi connectivity index (χ0v) is 22.2. The van der Waals surface area contributed by atoms with E-state index in [-0.39, 0.29) is 21.9 Å². The van der Waals surface area contributed by atoms with E-state index < -0.39 is 17.8 Å². The number of nitrogens with one attached hydrogen (secondary N) is 1. The molecule has 39 heavy (non-hydrogen) atoms. The van der Waals surface area contributed by atoms with Crippen molar-refractivity contribution in [1.82, 2.24) is 5.32 Å². The molecule has 1 aliphatic heterocycles. The van der Waals surface area contributed by atoms with Crippen molar-refractivity contribution in [3.63, 3.8) is 0 Å². The lowest BCUT2D eigenvalue weighted by atomic mass is 10.0. The van der Waals surface area contributed by atoms with Gasteiger partial charge >= 0.3 is 5.97 Å². The average molecular weight is 543 g/mol. The summed E-state index contributed by atoms with van der Waals surface area (Å²) < 4.78 is 11.7. The first-order valence-electron chi connectivity index (χ1n) is 12.0. The van der Waals surface area contributed by atoms with Gasteiger partial charge in [0.25, 0.3) is 11.8 Å². The Kier molecular flexibility index (Phi) is 8.21. The molecule has 0 saturated carbocycles. The fourth-order valence-corrected chi connectivity index (χ4v) is 4.35. The van der Waals surface area contributed by atoms with Gasteiger partial charge in [-0.05, 0) is 73.1 Å². The van der Waals surface area contributed by atoms with Gasteiger partial charge in [-0.3, -0.25) is 19.8 Å². The minimum absolute atomic E-state index is 0.0226. The zero-order chi connectivity index (χ0) is 28.1. The summed E-state index contributed by atoms with van der Waals surface area (Å²) in [6.45, 7) is 6.17. The van der Waals surface area contributed by atoms with Gasteiger partial charge in [0.2, 0.25) is 0 Å². The molecular weight excluding hydrogens is 516 g/mol. The fraction of sp³-hybridized carbons (Fsp3) is 0.133. The molecule has 8 nitrogen and oxygen atoms in total. The normalized spacial score (nSPS) is 14.3. The maximum absolute atomic E-state index is 13.4. The Balaban J connectivity index is 1.70. The summed E-state index contributed by atoms with van der Waals surface area (Å²) in [6, 6.07) is 17.2. The van der Waals surface area contributed by atoms with Crippen LogP contribution in [0.3, 0.4) is 0 Å². The van der Waals surface area contributed by atoms with E-state index >= 15 is 0 Å².